The molecular formula is C30H39F2N5O6S. The minimum atomic E-state index is -3.43. The molecule has 4 heterocycles. The summed E-state index contributed by atoms with van der Waals surface area (Å²) in [6.45, 7) is 1.77. The average Bonchev–Trinajstić information content (AvgIpc) is 3.13. The molecule has 0 radical (unpaired) electrons. The lowest BCUT2D eigenvalue weighted by atomic mass is 9.76. The summed E-state index contributed by atoms with van der Waals surface area (Å²) in [6, 6.07) is 4.35. The number of hydrogen-bond acceptors (Lipinski definition) is 8. The Hall–Kier alpha value is -3.20. The van der Waals surface area contributed by atoms with Crippen LogP contribution in [-0.4, -0.2) is 87.0 Å². The van der Waals surface area contributed by atoms with Crippen molar-refractivity contribution in [1.82, 2.24) is 19.9 Å². The van der Waals surface area contributed by atoms with Crippen LogP contribution in [0.25, 0.3) is 0 Å². The summed E-state index contributed by atoms with van der Waals surface area (Å²) in [5, 5.41) is 8.84. The highest BCUT2D eigenvalue weighted by atomic mass is 32.2. The summed E-state index contributed by atoms with van der Waals surface area (Å²) in [4.78, 5) is 30.4. The highest BCUT2D eigenvalue weighted by Crippen LogP contribution is 2.36. The molecule has 14 heteroatoms. The Morgan fingerprint density at radius 1 is 1.16 bits per heavy atom. The molecule has 5 rings (SSSR count). The third kappa shape index (κ3) is 7.53. The lowest BCUT2D eigenvalue weighted by Gasteiger charge is -2.37. The molecule has 0 saturated carbocycles. The fraction of sp³-hybridized carbons (Fsp3) is 0.567. The number of carbonyl (C=O) groups is 2. The zero-order valence-corrected chi connectivity index (χ0v) is 25.5. The molecule has 0 aliphatic carbocycles. The minimum absolute atomic E-state index is 0.0868. The van der Waals surface area contributed by atoms with Crippen molar-refractivity contribution in [2.45, 2.75) is 62.6 Å². The maximum Gasteiger partial charge on any atom is 0.407 e. The zero-order chi connectivity index (χ0) is 31.3. The van der Waals surface area contributed by atoms with E-state index in [0.29, 0.717) is 57.6 Å². The summed E-state index contributed by atoms with van der Waals surface area (Å²) in [6.07, 6.45) is 4.62. The van der Waals surface area contributed by atoms with Gasteiger partial charge in [0.1, 0.15) is 17.7 Å². The van der Waals surface area contributed by atoms with Crippen LogP contribution in [0.1, 0.15) is 49.1 Å². The monoisotopic (exact) mass is 635 g/mol. The van der Waals surface area contributed by atoms with Crippen molar-refractivity contribution in [3.05, 3.63) is 59.4 Å². The van der Waals surface area contributed by atoms with Gasteiger partial charge < -0.3 is 25.4 Å². The van der Waals surface area contributed by atoms with Gasteiger partial charge in [0.15, 0.2) is 0 Å². The quantitative estimate of drug-likeness (QED) is 0.383. The number of nitrogens with zero attached hydrogens (tertiary/aromatic N) is 2. The Morgan fingerprint density at radius 3 is 2.64 bits per heavy atom. The van der Waals surface area contributed by atoms with Crippen molar-refractivity contribution in [3.63, 3.8) is 0 Å². The third-order valence-corrected chi connectivity index (χ3v) is 10.8. The lowest BCUT2D eigenvalue weighted by molar-refractivity contribution is -0.119. The van der Waals surface area contributed by atoms with E-state index in [2.05, 4.69) is 20.9 Å². The maximum atomic E-state index is 15.2. The van der Waals surface area contributed by atoms with Gasteiger partial charge in [0, 0.05) is 49.9 Å². The molecule has 2 bridgehead atoms. The number of anilines is 1. The summed E-state index contributed by atoms with van der Waals surface area (Å²) < 4.78 is 66.8. The Balaban J connectivity index is 1.40. The Labute approximate surface area is 256 Å². The number of fused-ring (bicyclic) bond motifs is 2. The van der Waals surface area contributed by atoms with Crippen molar-refractivity contribution in [1.29, 1.82) is 0 Å². The van der Waals surface area contributed by atoms with E-state index in [0.717, 1.165) is 12.6 Å². The number of alkyl carbamates (subject to hydrolysis) is 1. The lowest BCUT2D eigenvalue weighted by Crippen LogP contribution is -2.57. The average molecular weight is 636 g/mol. The molecule has 2 amide bonds. The Bertz CT molecular complexity index is 1420. The van der Waals surface area contributed by atoms with Crippen LogP contribution in [0, 0.1) is 17.6 Å². The third-order valence-electron chi connectivity index (χ3n) is 8.88. The number of amides is 2. The van der Waals surface area contributed by atoms with Gasteiger partial charge in [0.05, 0.1) is 30.9 Å². The number of benzene rings is 1. The van der Waals surface area contributed by atoms with E-state index in [9.17, 15) is 22.4 Å². The summed E-state index contributed by atoms with van der Waals surface area (Å²) in [7, 11) is -2.24. The van der Waals surface area contributed by atoms with Crippen molar-refractivity contribution in [3.8, 4) is 0 Å². The van der Waals surface area contributed by atoms with Gasteiger partial charge in [-0.25, -0.2) is 22.0 Å². The molecular weight excluding hydrogens is 596 g/mol. The molecule has 5 atom stereocenters. The van der Waals surface area contributed by atoms with Crippen LogP contribution in [0.5, 0.6) is 0 Å². The van der Waals surface area contributed by atoms with E-state index >= 15 is 4.39 Å². The number of methoxy groups -OCH3 is 1. The molecule has 1 aromatic heterocycles. The number of carbonyl (C=O) groups excluding carboxylic acids is 2. The van der Waals surface area contributed by atoms with Gasteiger partial charge in [-0.15, -0.1) is 0 Å². The number of sulfonamides is 1. The second-order valence-corrected chi connectivity index (χ2v) is 13.6. The van der Waals surface area contributed by atoms with Crippen LogP contribution in [-0.2, 0) is 30.7 Å². The van der Waals surface area contributed by atoms with E-state index in [1.807, 2.05) is 0 Å². The van der Waals surface area contributed by atoms with Gasteiger partial charge in [0.2, 0.25) is 15.9 Å². The van der Waals surface area contributed by atoms with Gasteiger partial charge in [-0.1, -0.05) is 12.1 Å². The van der Waals surface area contributed by atoms with Crippen LogP contribution < -0.4 is 16.0 Å². The van der Waals surface area contributed by atoms with E-state index in [-0.39, 0.29) is 41.4 Å². The second kappa shape index (κ2) is 14.3. The van der Waals surface area contributed by atoms with E-state index in [1.54, 1.807) is 12.1 Å². The second-order valence-electron chi connectivity index (χ2n) is 11.6. The molecule has 11 nitrogen and oxygen atoms in total. The Kier molecular flexibility index (Phi) is 10.4. The normalized spacial score (nSPS) is 24.8. The van der Waals surface area contributed by atoms with Crippen molar-refractivity contribution < 1.29 is 36.3 Å². The topological polar surface area (TPSA) is 139 Å². The van der Waals surface area contributed by atoms with Gasteiger partial charge in [-0.05, 0) is 62.1 Å². The van der Waals surface area contributed by atoms with E-state index in [4.69, 9.17) is 9.47 Å². The SMILES string of the molecule is COC(=O)NC(C(=O)Nc1cncc(F)c1CCC1CNC2CCCS(=O)(=O)N1C2)C(c1ccc(F)cc1)C1CCOCC1. The standard InChI is InChI=1S/C30H39F2N5O6S/c1-42-30(39)36-28(27(20-10-12-43-13-11-20)19-4-6-21(31)7-5-19)29(38)35-26-17-33-16-25(32)24(26)9-8-23-15-34-22-3-2-14-44(40,41)37(23)18-22/h4-7,16-17,20,22-23,27-28,34H,2-3,8-15,18H2,1H3,(H,35,38)(H,36,39). The molecule has 2 aromatic rings. The first-order chi connectivity index (χ1) is 21.2. The Morgan fingerprint density at radius 2 is 1.91 bits per heavy atom. The number of hydrogen-bond donors (Lipinski definition) is 3. The van der Waals surface area contributed by atoms with Crippen molar-refractivity contribution >= 4 is 27.7 Å². The van der Waals surface area contributed by atoms with E-state index in [1.165, 1.54) is 29.7 Å². The number of aromatic nitrogens is 1. The van der Waals surface area contributed by atoms with Crippen LogP contribution >= 0.6 is 0 Å². The van der Waals surface area contributed by atoms with Crippen LogP contribution in [0.2, 0.25) is 0 Å². The number of ether oxygens (including phenoxy) is 2. The predicted molar refractivity (Wildman–Crippen MR) is 158 cm³/mol. The predicted octanol–water partition coefficient (Wildman–Crippen LogP) is 2.93. The molecule has 3 N–H and O–H groups in total. The molecule has 1 aromatic carbocycles. The van der Waals surface area contributed by atoms with Gasteiger partial charge >= 0.3 is 6.09 Å². The van der Waals surface area contributed by atoms with Crippen LogP contribution in [0.3, 0.4) is 0 Å². The van der Waals surface area contributed by atoms with Crippen LogP contribution in [0.15, 0.2) is 36.7 Å². The van der Waals surface area contributed by atoms with Gasteiger partial charge in [-0.3, -0.25) is 9.78 Å². The maximum absolute atomic E-state index is 15.2. The van der Waals surface area contributed by atoms with Crippen LogP contribution in [0.4, 0.5) is 19.3 Å². The first-order valence-electron chi connectivity index (χ1n) is 15.0. The smallest absolute Gasteiger partial charge is 0.407 e. The van der Waals surface area contributed by atoms with Crippen molar-refractivity contribution in [2.24, 2.45) is 5.92 Å². The molecule has 5 unspecified atom stereocenters. The van der Waals surface area contributed by atoms with Gasteiger partial charge in [0.25, 0.3) is 0 Å². The van der Waals surface area contributed by atoms with E-state index < -0.39 is 45.6 Å². The summed E-state index contributed by atoms with van der Waals surface area (Å²) in [5.41, 5.74) is 0.954. The number of rotatable bonds is 9. The first kappa shape index (κ1) is 32.2. The number of piperazine rings is 1. The first-order valence-corrected chi connectivity index (χ1v) is 16.6. The molecule has 3 aliphatic rings. The minimum Gasteiger partial charge on any atom is -0.453 e. The molecule has 240 valence electrons. The molecule has 0 spiro atoms. The fourth-order valence-electron chi connectivity index (χ4n) is 6.59. The number of nitrogens with one attached hydrogen (secondary N) is 3. The molecule has 3 aliphatic heterocycles. The van der Waals surface area contributed by atoms with Gasteiger partial charge in [-0.2, -0.15) is 4.31 Å². The molecule has 3 fully saturated rings. The zero-order valence-electron chi connectivity index (χ0n) is 24.6. The fourth-order valence-corrected chi connectivity index (χ4v) is 8.40. The number of pyridine rings is 1. The van der Waals surface area contributed by atoms with Crippen molar-refractivity contribution in [2.75, 3.05) is 44.5 Å². The number of halogens is 2. The summed E-state index contributed by atoms with van der Waals surface area (Å²) in [5.74, 6) is -2.27. The summed E-state index contributed by atoms with van der Waals surface area (Å²) >= 11 is 0. The molecule has 44 heavy (non-hydrogen) atoms. The molecule has 3 saturated heterocycles. The highest BCUT2D eigenvalue weighted by molar-refractivity contribution is 7.89. The highest BCUT2D eigenvalue weighted by Gasteiger charge is 2.40. The largest absolute Gasteiger partial charge is 0.453 e.